The van der Waals surface area contributed by atoms with Crippen LogP contribution in [0.4, 0.5) is 0 Å². The summed E-state index contributed by atoms with van der Waals surface area (Å²) in [5.74, 6) is 2.03. The lowest BCUT2D eigenvalue weighted by Gasteiger charge is -2.18. The predicted molar refractivity (Wildman–Crippen MR) is 39.5 cm³/mol. The first-order valence-electron chi connectivity index (χ1n) is 3.54. The average molecular weight is 133 g/mol. The molecule has 0 aromatic rings. The van der Waals surface area contributed by atoms with E-state index in [1.54, 1.807) is 0 Å². The molecule has 1 atom stereocenters. The Bertz CT molecular complexity index is 206. The fraction of sp³-hybridized carbons (Fsp3) is 0.625. The van der Waals surface area contributed by atoms with Crippen LogP contribution in [-0.4, -0.2) is 5.87 Å². The summed E-state index contributed by atoms with van der Waals surface area (Å²) in [6.45, 7) is 0. The standard InChI is InChI=1S/C8H9N2/c9-5-7-3-1-2-4-8(7)6-10/h7H,1-4H2/q-1. The summed E-state index contributed by atoms with van der Waals surface area (Å²) in [5, 5.41) is 17.1. The number of nitriles is 1. The van der Waals surface area contributed by atoms with Gasteiger partial charge in [0.25, 0.3) is 0 Å². The predicted octanol–water partition coefficient (Wildman–Crippen LogP) is 1.87. The van der Waals surface area contributed by atoms with E-state index in [1.807, 2.05) is 0 Å². The molecular weight excluding hydrogens is 124 g/mol. The number of hydrogen-bond donors (Lipinski definition) is 0. The van der Waals surface area contributed by atoms with E-state index < -0.39 is 0 Å². The van der Waals surface area contributed by atoms with E-state index in [-0.39, 0.29) is 5.92 Å². The van der Waals surface area contributed by atoms with Crippen LogP contribution in [0.2, 0.25) is 0 Å². The van der Waals surface area contributed by atoms with Crippen molar-refractivity contribution in [1.29, 1.82) is 5.26 Å². The lowest BCUT2D eigenvalue weighted by molar-refractivity contribution is 0.533. The molecule has 2 nitrogen and oxygen atoms in total. The van der Waals surface area contributed by atoms with Crippen LogP contribution in [0.25, 0.3) is 5.41 Å². The van der Waals surface area contributed by atoms with Crippen molar-refractivity contribution < 1.29 is 0 Å². The van der Waals surface area contributed by atoms with Gasteiger partial charge in [0.15, 0.2) is 0 Å². The zero-order chi connectivity index (χ0) is 7.40. The average Bonchev–Trinajstić information content (AvgIpc) is 2.04. The Balaban J connectivity index is 2.71. The molecule has 0 heterocycles. The Kier molecular flexibility index (Phi) is 2.25. The quantitative estimate of drug-likeness (QED) is 0.465. The van der Waals surface area contributed by atoms with Crippen LogP contribution < -0.4 is 0 Å². The van der Waals surface area contributed by atoms with Crippen LogP contribution in [-0.2, 0) is 0 Å². The van der Waals surface area contributed by atoms with Crippen LogP contribution in [0.1, 0.15) is 25.7 Å². The maximum Gasteiger partial charge on any atom is 0.0729 e. The molecule has 52 valence electrons. The summed E-state index contributed by atoms with van der Waals surface area (Å²) < 4.78 is 0. The molecule has 1 fully saturated rings. The lowest BCUT2D eigenvalue weighted by Crippen LogP contribution is -2.07. The summed E-state index contributed by atoms with van der Waals surface area (Å²) in [6.07, 6.45) is 3.92. The largest absolute Gasteiger partial charge is 0.763 e. The van der Waals surface area contributed by atoms with Crippen LogP contribution in [0.15, 0.2) is 5.57 Å². The minimum Gasteiger partial charge on any atom is -0.763 e. The second-order valence-electron chi connectivity index (χ2n) is 2.56. The fourth-order valence-corrected chi connectivity index (χ4v) is 1.29. The molecule has 0 saturated heterocycles. The van der Waals surface area contributed by atoms with E-state index in [4.69, 9.17) is 10.7 Å². The summed E-state index contributed by atoms with van der Waals surface area (Å²) in [6, 6.07) is 2.15. The van der Waals surface area contributed by atoms with Gasteiger partial charge < -0.3 is 5.41 Å². The molecular formula is C8H9N2-. The molecule has 1 aliphatic carbocycles. The lowest BCUT2D eigenvalue weighted by atomic mass is 9.86. The second-order valence-corrected chi connectivity index (χ2v) is 2.56. The van der Waals surface area contributed by atoms with Gasteiger partial charge in [-0.25, -0.2) is 0 Å². The Morgan fingerprint density at radius 1 is 1.50 bits per heavy atom. The maximum atomic E-state index is 8.57. The van der Waals surface area contributed by atoms with Gasteiger partial charge in [0.2, 0.25) is 0 Å². The fourth-order valence-electron chi connectivity index (χ4n) is 1.29. The summed E-state index contributed by atoms with van der Waals surface area (Å²) in [4.78, 5) is 0. The molecule has 2 heteroatoms. The molecule has 0 aliphatic heterocycles. The Morgan fingerprint density at radius 2 is 2.30 bits per heavy atom. The highest BCUT2D eigenvalue weighted by Crippen LogP contribution is 2.26. The van der Waals surface area contributed by atoms with Crippen molar-refractivity contribution in [2.24, 2.45) is 5.92 Å². The number of nitrogens with zero attached hydrogens (tertiary/aromatic N) is 2. The van der Waals surface area contributed by atoms with E-state index in [2.05, 4.69) is 11.9 Å². The first-order valence-corrected chi connectivity index (χ1v) is 3.54. The molecule has 1 unspecified atom stereocenters. The first kappa shape index (κ1) is 7.05. The van der Waals surface area contributed by atoms with Crippen molar-refractivity contribution in [3.8, 4) is 6.07 Å². The molecule has 1 aliphatic rings. The zero-order valence-corrected chi connectivity index (χ0v) is 5.80. The van der Waals surface area contributed by atoms with Gasteiger partial charge in [-0.2, -0.15) is 5.26 Å². The SMILES string of the molecule is N#CC1CCCCC1=C=[N-]. The molecule has 1 saturated carbocycles. The molecule has 0 N–H and O–H groups in total. The molecule has 1 rings (SSSR count). The Labute approximate surface area is 60.7 Å². The third kappa shape index (κ3) is 1.26. The second kappa shape index (κ2) is 3.20. The summed E-state index contributed by atoms with van der Waals surface area (Å²) in [7, 11) is 0. The van der Waals surface area contributed by atoms with Crippen molar-refractivity contribution in [2.75, 3.05) is 0 Å². The van der Waals surface area contributed by atoms with Crippen LogP contribution >= 0.6 is 0 Å². The van der Waals surface area contributed by atoms with E-state index in [1.165, 1.54) is 0 Å². The van der Waals surface area contributed by atoms with Gasteiger partial charge in [0, 0.05) is 0 Å². The third-order valence-electron chi connectivity index (χ3n) is 1.91. The highest BCUT2D eigenvalue weighted by molar-refractivity contribution is 5.62. The van der Waals surface area contributed by atoms with Gasteiger partial charge in [-0.1, -0.05) is 6.42 Å². The highest BCUT2D eigenvalue weighted by atomic mass is 14.3. The van der Waals surface area contributed by atoms with Crippen molar-refractivity contribution in [3.63, 3.8) is 0 Å². The van der Waals surface area contributed by atoms with Crippen molar-refractivity contribution in [2.45, 2.75) is 25.7 Å². The molecule has 0 amide bonds. The third-order valence-corrected chi connectivity index (χ3v) is 1.91. The zero-order valence-electron chi connectivity index (χ0n) is 5.80. The van der Waals surface area contributed by atoms with Crippen molar-refractivity contribution >= 4 is 5.87 Å². The van der Waals surface area contributed by atoms with Crippen molar-refractivity contribution in [3.05, 3.63) is 11.0 Å². The number of hydrogen-bond acceptors (Lipinski definition) is 1. The first-order chi connectivity index (χ1) is 4.88. The Hall–Kier alpha value is -1.06. The molecule has 0 aromatic carbocycles. The minimum absolute atomic E-state index is 0.0706. The van der Waals surface area contributed by atoms with Gasteiger partial charge in [-0.05, 0) is 24.8 Å². The van der Waals surface area contributed by atoms with Gasteiger partial charge in [-0.3, -0.25) is 5.87 Å². The normalized spacial score (nSPS) is 25.1. The molecule has 0 aromatic heterocycles. The van der Waals surface area contributed by atoms with Gasteiger partial charge in [0.1, 0.15) is 0 Å². The molecule has 0 spiro atoms. The monoisotopic (exact) mass is 133 g/mol. The number of allylic oxidation sites excluding steroid dienone is 1. The minimum atomic E-state index is -0.0706. The number of rotatable bonds is 0. The van der Waals surface area contributed by atoms with E-state index in [9.17, 15) is 0 Å². The summed E-state index contributed by atoms with van der Waals surface area (Å²) in [5.41, 5.74) is 0.786. The van der Waals surface area contributed by atoms with E-state index in [0.29, 0.717) is 0 Å². The van der Waals surface area contributed by atoms with Gasteiger partial charge in [0.05, 0.1) is 12.0 Å². The maximum absolute atomic E-state index is 8.57. The van der Waals surface area contributed by atoms with Gasteiger partial charge >= 0.3 is 0 Å². The smallest absolute Gasteiger partial charge is 0.0729 e. The summed E-state index contributed by atoms with van der Waals surface area (Å²) >= 11 is 0. The van der Waals surface area contributed by atoms with E-state index in [0.717, 1.165) is 31.3 Å². The van der Waals surface area contributed by atoms with Gasteiger partial charge in [-0.15, -0.1) is 0 Å². The van der Waals surface area contributed by atoms with Crippen molar-refractivity contribution in [1.82, 2.24) is 0 Å². The Morgan fingerprint density at radius 3 is 2.80 bits per heavy atom. The van der Waals surface area contributed by atoms with E-state index >= 15 is 0 Å². The molecule has 10 heavy (non-hydrogen) atoms. The molecule has 0 radical (unpaired) electrons. The highest BCUT2D eigenvalue weighted by Gasteiger charge is 2.15. The van der Waals surface area contributed by atoms with Crippen LogP contribution in [0.5, 0.6) is 0 Å². The topological polar surface area (TPSA) is 46.1 Å². The van der Waals surface area contributed by atoms with Crippen LogP contribution in [0.3, 0.4) is 0 Å². The molecule has 0 bridgehead atoms. The van der Waals surface area contributed by atoms with Crippen LogP contribution in [0, 0.1) is 17.2 Å².